The molecule has 2 N–H and O–H groups in total. The molecule has 1 atom stereocenters. The predicted molar refractivity (Wildman–Crippen MR) is 84.1 cm³/mol. The van der Waals surface area contributed by atoms with Crippen molar-refractivity contribution < 1.29 is 4.74 Å². The molecule has 6 nitrogen and oxygen atoms in total. The van der Waals surface area contributed by atoms with Crippen LogP contribution < -0.4 is 15.8 Å². The van der Waals surface area contributed by atoms with E-state index >= 15 is 0 Å². The molecule has 21 heavy (non-hydrogen) atoms. The Morgan fingerprint density at radius 1 is 1.57 bits per heavy atom. The Bertz CT molecular complexity index is 501. The number of hydrogen-bond acceptors (Lipinski definition) is 5. The van der Waals surface area contributed by atoms with Gasteiger partial charge in [-0.15, -0.1) is 0 Å². The van der Waals surface area contributed by atoms with Crippen molar-refractivity contribution in [3.05, 3.63) is 22.2 Å². The number of anilines is 1. The molecule has 0 saturated carbocycles. The van der Waals surface area contributed by atoms with Crippen LogP contribution in [0.5, 0.6) is 0 Å². The van der Waals surface area contributed by atoms with Crippen molar-refractivity contribution in [1.82, 2.24) is 15.3 Å². The van der Waals surface area contributed by atoms with E-state index in [1.165, 1.54) is 0 Å². The van der Waals surface area contributed by atoms with Crippen LogP contribution in [-0.2, 0) is 4.74 Å². The second-order valence-electron chi connectivity index (χ2n) is 5.83. The van der Waals surface area contributed by atoms with Gasteiger partial charge in [0.25, 0.3) is 5.56 Å². The maximum Gasteiger partial charge on any atom is 0.252 e. The Labute approximate surface area is 125 Å². The van der Waals surface area contributed by atoms with E-state index in [0.717, 1.165) is 44.1 Å². The molecular formula is C15H26N4O2. The highest BCUT2D eigenvalue weighted by molar-refractivity contribution is 5.40. The standard InChI is InChI=1S/C15H26N4O2/c1-11(2)15-17-13(9-14(20)18-15)19-7-4-5-12(19)10-16-6-8-21-3/h9,11-12,16H,4-8,10H2,1-3H3,(H,17,18,20). The number of aromatic amines is 1. The summed E-state index contributed by atoms with van der Waals surface area (Å²) in [5.74, 6) is 1.78. The van der Waals surface area contributed by atoms with Gasteiger partial charge in [0, 0.05) is 44.8 Å². The Morgan fingerprint density at radius 3 is 3.10 bits per heavy atom. The van der Waals surface area contributed by atoms with Gasteiger partial charge < -0.3 is 19.9 Å². The molecule has 1 unspecified atom stereocenters. The quantitative estimate of drug-likeness (QED) is 0.737. The van der Waals surface area contributed by atoms with Crippen molar-refractivity contribution in [2.75, 3.05) is 38.3 Å². The summed E-state index contributed by atoms with van der Waals surface area (Å²) in [6, 6.07) is 2.01. The first kappa shape index (κ1) is 16.0. The zero-order valence-electron chi connectivity index (χ0n) is 13.2. The molecule has 1 aliphatic heterocycles. The number of ether oxygens (including phenoxy) is 1. The lowest BCUT2D eigenvalue weighted by molar-refractivity contribution is 0.199. The van der Waals surface area contributed by atoms with Gasteiger partial charge in [-0.05, 0) is 12.8 Å². The lowest BCUT2D eigenvalue weighted by atomic mass is 10.2. The van der Waals surface area contributed by atoms with Crippen LogP contribution in [0.25, 0.3) is 0 Å². The monoisotopic (exact) mass is 294 g/mol. The van der Waals surface area contributed by atoms with Gasteiger partial charge >= 0.3 is 0 Å². The summed E-state index contributed by atoms with van der Waals surface area (Å²) in [4.78, 5) is 21.5. The lowest BCUT2D eigenvalue weighted by Gasteiger charge is -2.26. The molecule has 1 aromatic rings. The van der Waals surface area contributed by atoms with Gasteiger partial charge in [0.2, 0.25) is 0 Å². The zero-order valence-corrected chi connectivity index (χ0v) is 13.2. The fraction of sp³-hybridized carbons (Fsp3) is 0.733. The Morgan fingerprint density at radius 2 is 2.38 bits per heavy atom. The van der Waals surface area contributed by atoms with Gasteiger partial charge in [-0.2, -0.15) is 0 Å². The van der Waals surface area contributed by atoms with Crippen LogP contribution in [-0.4, -0.2) is 49.4 Å². The van der Waals surface area contributed by atoms with E-state index in [9.17, 15) is 4.79 Å². The minimum absolute atomic E-state index is 0.0679. The van der Waals surface area contributed by atoms with Crippen molar-refractivity contribution in [3.63, 3.8) is 0 Å². The molecule has 1 fully saturated rings. The summed E-state index contributed by atoms with van der Waals surface area (Å²) in [6.45, 7) is 7.50. The van der Waals surface area contributed by atoms with Crippen LogP contribution in [0.4, 0.5) is 5.82 Å². The zero-order chi connectivity index (χ0) is 15.2. The Kier molecular flexibility index (Phi) is 5.76. The Hall–Kier alpha value is -1.40. The minimum atomic E-state index is -0.0679. The highest BCUT2D eigenvalue weighted by Crippen LogP contribution is 2.23. The SMILES string of the molecule is COCCNCC1CCCN1c1cc(=O)[nH]c(C(C)C)n1. The molecule has 1 aromatic heterocycles. The summed E-state index contributed by atoms with van der Waals surface area (Å²) in [5.41, 5.74) is -0.0679. The molecule has 0 aliphatic carbocycles. The number of H-pyrrole nitrogens is 1. The molecule has 1 aliphatic rings. The Balaban J connectivity index is 2.07. The summed E-state index contributed by atoms with van der Waals surface area (Å²) >= 11 is 0. The maximum atomic E-state index is 11.8. The van der Waals surface area contributed by atoms with Crippen molar-refractivity contribution in [2.45, 2.75) is 38.6 Å². The average Bonchev–Trinajstić information content (AvgIpc) is 2.91. The van der Waals surface area contributed by atoms with Gasteiger partial charge in [0.15, 0.2) is 0 Å². The fourth-order valence-electron chi connectivity index (χ4n) is 2.68. The maximum absolute atomic E-state index is 11.8. The summed E-state index contributed by atoms with van der Waals surface area (Å²) in [6.07, 6.45) is 2.27. The molecule has 6 heteroatoms. The second kappa shape index (κ2) is 7.56. The number of hydrogen-bond donors (Lipinski definition) is 2. The summed E-state index contributed by atoms with van der Waals surface area (Å²) in [5, 5.41) is 3.40. The third-order valence-electron chi connectivity index (χ3n) is 3.83. The van der Waals surface area contributed by atoms with Crippen molar-refractivity contribution >= 4 is 5.82 Å². The van der Waals surface area contributed by atoms with Crippen LogP contribution >= 0.6 is 0 Å². The normalized spacial score (nSPS) is 18.7. The van der Waals surface area contributed by atoms with Crippen LogP contribution in [0, 0.1) is 0 Å². The minimum Gasteiger partial charge on any atom is -0.383 e. The van der Waals surface area contributed by atoms with E-state index in [0.29, 0.717) is 12.6 Å². The first-order valence-corrected chi connectivity index (χ1v) is 7.69. The molecule has 1 saturated heterocycles. The third-order valence-corrected chi connectivity index (χ3v) is 3.83. The first-order chi connectivity index (χ1) is 10.1. The molecule has 2 rings (SSSR count). The molecular weight excluding hydrogens is 268 g/mol. The van der Waals surface area contributed by atoms with Crippen LogP contribution in [0.2, 0.25) is 0 Å². The van der Waals surface area contributed by atoms with E-state index in [1.807, 2.05) is 13.8 Å². The highest BCUT2D eigenvalue weighted by Gasteiger charge is 2.26. The molecule has 0 spiro atoms. The largest absolute Gasteiger partial charge is 0.383 e. The van der Waals surface area contributed by atoms with Gasteiger partial charge in [0.05, 0.1) is 6.61 Å². The summed E-state index contributed by atoms with van der Waals surface area (Å²) in [7, 11) is 1.71. The lowest BCUT2D eigenvalue weighted by Crippen LogP contribution is -2.40. The molecule has 0 aromatic carbocycles. The van der Waals surface area contributed by atoms with Crippen LogP contribution in [0.1, 0.15) is 38.4 Å². The van der Waals surface area contributed by atoms with E-state index in [4.69, 9.17) is 4.74 Å². The first-order valence-electron chi connectivity index (χ1n) is 7.69. The van der Waals surface area contributed by atoms with E-state index < -0.39 is 0 Å². The van der Waals surface area contributed by atoms with Gasteiger partial charge in [-0.3, -0.25) is 4.79 Å². The van der Waals surface area contributed by atoms with Crippen molar-refractivity contribution in [1.29, 1.82) is 0 Å². The van der Waals surface area contributed by atoms with Gasteiger partial charge in [-0.25, -0.2) is 4.98 Å². The number of rotatable bonds is 7. The van der Waals surface area contributed by atoms with Crippen LogP contribution in [0.3, 0.4) is 0 Å². The molecule has 0 amide bonds. The molecule has 118 valence electrons. The highest BCUT2D eigenvalue weighted by atomic mass is 16.5. The number of nitrogens with one attached hydrogen (secondary N) is 2. The number of methoxy groups -OCH3 is 1. The average molecular weight is 294 g/mol. The molecule has 2 heterocycles. The predicted octanol–water partition coefficient (Wildman–Crippen LogP) is 1.10. The number of nitrogens with zero attached hydrogens (tertiary/aromatic N) is 2. The van der Waals surface area contributed by atoms with Gasteiger partial charge in [-0.1, -0.05) is 13.8 Å². The second-order valence-corrected chi connectivity index (χ2v) is 5.83. The fourth-order valence-corrected chi connectivity index (χ4v) is 2.68. The van der Waals surface area contributed by atoms with Crippen molar-refractivity contribution in [3.8, 4) is 0 Å². The van der Waals surface area contributed by atoms with E-state index in [-0.39, 0.29) is 11.5 Å². The van der Waals surface area contributed by atoms with E-state index in [2.05, 4.69) is 20.2 Å². The van der Waals surface area contributed by atoms with Crippen LogP contribution in [0.15, 0.2) is 10.9 Å². The van der Waals surface area contributed by atoms with Gasteiger partial charge in [0.1, 0.15) is 11.6 Å². The number of aromatic nitrogens is 2. The summed E-state index contributed by atoms with van der Waals surface area (Å²) < 4.78 is 5.04. The topological polar surface area (TPSA) is 70.2 Å². The molecule has 0 radical (unpaired) electrons. The third kappa shape index (κ3) is 4.28. The van der Waals surface area contributed by atoms with E-state index in [1.54, 1.807) is 13.2 Å². The smallest absolute Gasteiger partial charge is 0.252 e. The molecule has 0 bridgehead atoms. The van der Waals surface area contributed by atoms with Crippen molar-refractivity contribution in [2.24, 2.45) is 0 Å².